The van der Waals surface area contributed by atoms with E-state index in [0.717, 1.165) is 0 Å². The monoisotopic (exact) mass is 339 g/mol. The minimum atomic E-state index is -1.42. The van der Waals surface area contributed by atoms with Gasteiger partial charge >= 0.3 is 11.9 Å². The highest BCUT2D eigenvalue weighted by Crippen LogP contribution is 2.17. The average Bonchev–Trinajstić information content (AvgIpc) is 2.13. The molecule has 0 aliphatic rings. The van der Waals surface area contributed by atoms with Gasteiger partial charge in [0.05, 0.1) is 8.95 Å². The molecule has 1 rings (SSSR count). The van der Waals surface area contributed by atoms with Gasteiger partial charge in [0.2, 0.25) is 5.43 Å². The summed E-state index contributed by atoms with van der Waals surface area (Å²) in [7, 11) is 0. The van der Waals surface area contributed by atoms with Crippen LogP contribution in [-0.2, 0) is 0 Å². The van der Waals surface area contributed by atoms with Crippen molar-refractivity contribution < 1.29 is 19.8 Å². The molecule has 0 atom stereocenters. The first-order valence-electron chi connectivity index (χ1n) is 3.44. The molecule has 1 aromatic rings. The summed E-state index contributed by atoms with van der Waals surface area (Å²) in [6.45, 7) is 0. The fraction of sp³-hybridized carbons (Fsp3) is 0. The van der Waals surface area contributed by atoms with E-state index in [1.165, 1.54) is 0 Å². The predicted octanol–water partition coefficient (Wildman–Crippen LogP) is 1.30. The van der Waals surface area contributed by atoms with Crippen LogP contribution in [0.4, 0.5) is 0 Å². The second-order valence-electron chi connectivity index (χ2n) is 2.44. The third-order valence-electron chi connectivity index (χ3n) is 1.52. The van der Waals surface area contributed by atoms with Crippen LogP contribution in [0.3, 0.4) is 0 Å². The zero-order valence-electron chi connectivity index (χ0n) is 6.88. The number of hydrogen-bond donors (Lipinski definition) is 3. The predicted molar refractivity (Wildman–Crippen MR) is 56.4 cm³/mol. The lowest BCUT2D eigenvalue weighted by atomic mass is 10.3. The molecule has 1 aromatic heterocycles. The van der Waals surface area contributed by atoms with Crippen LogP contribution in [-0.4, -0.2) is 27.1 Å². The Kier molecular flexibility index (Phi) is 3.30. The number of carboxylic acid groups (broad SMARTS) is 2. The number of nitrogens with one attached hydrogen (secondary N) is 1. The van der Waals surface area contributed by atoms with Crippen molar-refractivity contribution in [2.24, 2.45) is 0 Å². The van der Waals surface area contributed by atoms with Gasteiger partial charge in [-0.25, -0.2) is 9.59 Å². The average molecular weight is 341 g/mol. The van der Waals surface area contributed by atoms with E-state index in [0.29, 0.717) is 0 Å². The smallest absolute Gasteiger partial charge is 0.353 e. The molecule has 0 bridgehead atoms. The number of hydrogen-bond acceptors (Lipinski definition) is 3. The van der Waals surface area contributed by atoms with Crippen LogP contribution in [0, 0.1) is 0 Å². The lowest BCUT2D eigenvalue weighted by Gasteiger charge is -2.03. The van der Waals surface area contributed by atoms with E-state index in [-0.39, 0.29) is 8.95 Å². The summed E-state index contributed by atoms with van der Waals surface area (Å²) in [6.07, 6.45) is 0. The Balaban J connectivity index is 3.67. The number of aromatic carboxylic acids is 2. The summed E-state index contributed by atoms with van der Waals surface area (Å²) >= 11 is 5.53. The number of aromatic amines is 1. The summed E-state index contributed by atoms with van der Waals surface area (Å²) in [4.78, 5) is 34.8. The molecule has 0 radical (unpaired) electrons. The molecule has 0 spiro atoms. The number of aromatic nitrogens is 1. The quantitative estimate of drug-likeness (QED) is 0.752. The van der Waals surface area contributed by atoms with E-state index in [1.54, 1.807) is 0 Å². The van der Waals surface area contributed by atoms with E-state index < -0.39 is 28.8 Å². The molecule has 0 fully saturated rings. The number of carboxylic acids is 2. The third kappa shape index (κ3) is 2.10. The maximum atomic E-state index is 11.4. The van der Waals surface area contributed by atoms with Crippen LogP contribution in [0.2, 0.25) is 0 Å². The van der Waals surface area contributed by atoms with Gasteiger partial charge in [-0.3, -0.25) is 4.79 Å². The molecule has 6 nitrogen and oxygen atoms in total. The normalized spacial score (nSPS) is 10.0. The van der Waals surface area contributed by atoms with E-state index in [9.17, 15) is 14.4 Å². The van der Waals surface area contributed by atoms with E-state index >= 15 is 0 Å². The van der Waals surface area contributed by atoms with Crippen molar-refractivity contribution in [1.82, 2.24) is 4.98 Å². The number of halogens is 2. The highest BCUT2D eigenvalue weighted by Gasteiger charge is 2.20. The van der Waals surface area contributed by atoms with Crippen molar-refractivity contribution >= 4 is 43.8 Å². The molecular formula is C7H3Br2NO5. The zero-order valence-corrected chi connectivity index (χ0v) is 10.0. The van der Waals surface area contributed by atoms with Crippen molar-refractivity contribution in [3.63, 3.8) is 0 Å². The van der Waals surface area contributed by atoms with Crippen LogP contribution in [0.15, 0.2) is 13.7 Å². The largest absolute Gasteiger partial charge is 0.477 e. The SMILES string of the molecule is O=C(O)c1[nH]c(C(=O)O)c(Br)c(=O)c1Br. The van der Waals surface area contributed by atoms with Gasteiger partial charge in [-0.1, -0.05) is 0 Å². The number of H-pyrrole nitrogens is 1. The Bertz CT molecular complexity index is 466. The molecule has 0 aliphatic heterocycles. The standard InChI is InChI=1S/C7H3Br2NO5/c8-1-3(6(12)13)10-4(7(14)15)2(9)5(1)11/h(H,10,11)(H,12,13)(H,14,15). The molecule has 0 unspecified atom stereocenters. The van der Waals surface area contributed by atoms with Gasteiger partial charge < -0.3 is 15.2 Å². The van der Waals surface area contributed by atoms with Gasteiger partial charge in [-0.15, -0.1) is 0 Å². The Labute approximate surface area is 99.2 Å². The summed E-state index contributed by atoms with van der Waals surface area (Å²) < 4.78 is -0.459. The first kappa shape index (κ1) is 11.9. The first-order chi connectivity index (χ1) is 6.86. The lowest BCUT2D eigenvalue weighted by molar-refractivity contribution is 0.0683. The second kappa shape index (κ2) is 4.15. The third-order valence-corrected chi connectivity index (χ3v) is 3.03. The fourth-order valence-electron chi connectivity index (χ4n) is 0.853. The van der Waals surface area contributed by atoms with Crippen molar-refractivity contribution in [3.8, 4) is 0 Å². The van der Waals surface area contributed by atoms with Gasteiger partial charge in [0.1, 0.15) is 11.4 Å². The van der Waals surface area contributed by atoms with Crippen LogP contribution < -0.4 is 5.43 Å². The molecule has 8 heteroatoms. The lowest BCUT2D eigenvalue weighted by Crippen LogP contribution is -2.18. The molecule has 1 heterocycles. The van der Waals surface area contributed by atoms with Gasteiger partial charge in [0.25, 0.3) is 0 Å². The maximum Gasteiger partial charge on any atom is 0.353 e. The second-order valence-corrected chi connectivity index (χ2v) is 4.03. The number of carbonyl (C=O) groups is 2. The Hall–Kier alpha value is -1.15. The van der Waals surface area contributed by atoms with Gasteiger partial charge in [-0.05, 0) is 31.9 Å². The minimum Gasteiger partial charge on any atom is -0.477 e. The van der Waals surface area contributed by atoms with Crippen molar-refractivity contribution in [2.45, 2.75) is 0 Å². The Morgan fingerprint density at radius 2 is 1.33 bits per heavy atom. The van der Waals surface area contributed by atoms with Crippen molar-refractivity contribution in [2.75, 3.05) is 0 Å². The molecule has 0 aliphatic carbocycles. The Morgan fingerprint density at radius 3 is 1.60 bits per heavy atom. The number of rotatable bonds is 2. The van der Waals surface area contributed by atoms with Gasteiger partial charge in [0, 0.05) is 0 Å². The zero-order chi connectivity index (χ0) is 11.7. The molecular weight excluding hydrogens is 338 g/mol. The Morgan fingerprint density at radius 1 is 1.00 bits per heavy atom. The topological polar surface area (TPSA) is 107 Å². The molecule has 0 amide bonds. The summed E-state index contributed by atoms with van der Waals surface area (Å²) in [5.74, 6) is -2.84. The van der Waals surface area contributed by atoms with Crippen molar-refractivity contribution in [1.29, 1.82) is 0 Å². The van der Waals surface area contributed by atoms with E-state index in [1.807, 2.05) is 0 Å². The maximum absolute atomic E-state index is 11.4. The van der Waals surface area contributed by atoms with Crippen LogP contribution in [0.1, 0.15) is 21.0 Å². The molecule has 3 N–H and O–H groups in total. The highest BCUT2D eigenvalue weighted by atomic mass is 79.9. The van der Waals surface area contributed by atoms with Gasteiger partial charge in [-0.2, -0.15) is 0 Å². The number of pyridine rings is 1. The molecule has 15 heavy (non-hydrogen) atoms. The molecule has 0 saturated carbocycles. The summed E-state index contributed by atoms with van der Waals surface area (Å²) in [5.41, 5.74) is -1.73. The van der Waals surface area contributed by atoms with Crippen LogP contribution in [0.5, 0.6) is 0 Å². The van der Waals surface area contributed by atoms with Crippen LogP contribution in [0.25, 0.3) is 0 Å². The van der Waals surface area contributed by atoms with E-state index in [4.69, 9.17) is 10.2 Å². The highest BCUT2D eigenvalue weighted by molar-refractivity contribution is 9.11. The van der Waals surface area contributed by atoms with E-state index in [2.05, 4.69) is 36.8 Å². The van der Waals surface area contributed by atoms with Crippen molar-refractivity contribution in [3.05, 3.63) is 30.6 Å². The minimum absolute atomic E-state index is 0.230. The van der Waals surface area contributed by atoms with Gasteiger partial charge in [0.15, 0.2) is 0 Å². The molecule has 0 saturated heterocycles. The molecule has 80 valence electrons. The fourth-order valence-corrected chi connectivity index (χ4v) is 2.05. The first-order valence-corrected chi connectivity index (χ1v) is 5.02. The molecule has 0 aromatic carbocycles. The summed E-state index contributed by atoms with van der Waals surface area (Å²) in [5, 5.41) is 17.4. The van der Waals surface area contributed by atoms with Crippen LogP contribution >= 0.6 is 31.9 Å². The summed E-state index contributed by atoms with van der Waals surface area (Å²) in [6, 6.07) is 0.